The van der Waals surface area contributed by atoms with Gasteiger partial charge in [-0.05, 0) is 25.2 Å². The first kappa shape index (κ1) is 12.8. The summed E-state index contributed by atoms with van der Waals surface area (Å²) in [5, 5.41) is 0. The first-order valence-electron chi connectivity index (χ1n) is 5.90. The average molecular weight is 220 g/mol. The summed E-state index contributed by atoms with van der Waals surface area (Å²) in [7, 11) is 0. The van der Waals surface area contributed by atoms with Gasteiger partial charge in [0.05, 0.1) is 0 Å². The Hall–Kier alpha value is -1.22. The van der Waals surface area contributed by atoms with E-state index in [9.17, 15) is 4.79 Å². The third-order valence-corrected chi connectivity index (χ3v) is 2.71. The standard InChI is InChI=1S/C13H20N2O/c1-3-15(4-2)10-8-13(16)11-12-7-5-6-9-14-12/h5-7,9H,3-4,8,10-11H2,1-2H3. The summed E-state index contributed by atoms with van der Waals surface area (Å²) < 4.78 is 0. The highest BCUT2D eigenvalue weighted by molar-refractivity contribution is 5.80. The quantitative estimate of drug-likeness (QED) is 0.704. The molecule has 0 saturated heterocycles. The molecule has 3 heteroatoms. The lowest BCUT2D eigenvalue weighted by Crippen LogP contribution is -2.26. The van der Waals surface area contributed by atoms with Crippen molar-refractivity contribution >= 4 is 5.78 Å². The molecule has 0 aromatic carbocycles. The monoisotopic (exact) mass is 220 g/mol. The molecule has 0 aliphatic carbocycles. The predicted molar refractivity (Wildman–Crippen MR) is 65.4 cm³/mol. The third kappa shape index (κ3) is 4.53. The van der Waals surface area contributed by atoms with Crippen molar-refractivity contribution in [3.63, 3.8) is 0 Å². The second kappa shape index (κ2) is 7.12. The normalized spacial score (nSPS) is 10.7. The van der Waals surface area contributed by atoms with Crippen LogP contribution in [0.2, 0.25) is 0 Å². The van der Waals surface area contributed by atoms with Crippen LogP contribution in [0.5, 0.6) is 0 Å². The molecule has 0 bridgehead atoms. The van der Waals surface area contributed by atoms with E-state index < -0.39 is 0 Å². The smallest absolute Gasteiger partial charge is 0.140 e. The van der Waals surface area contributed by atoms with Crippen molar-refractivity contribution < 1.29 is 4.79 Å². The van der Waals surface area contributed by atoms with Gasteiger partial charge >= 0.3 is 0 Å². The van der Waals surface area contributed by atoms with Gasteiger partial charge in [0.25, 0.3) is 0 Å². The lowest BCUT2D eigenvalue weighted by Gasteiger charge is -2.16. The van der Waals surface area contributed by atoms with Gasteiger partial charge in [0.15, 0.2) is 0 Å². The first-order chi connectivity index (χ1) is 7.76. The number of hydrogen-bond donors (Lipinski definition) is 0. The minimum absolute atomic E-state index is 0.269. The average Bonchev–Trinajstić information content (AvgIpc) is 2.31. The van der Waals surface area contributed by atoms with Gasteiger partial charge in [0.1, 0.15) is 5.78 Å². The largest absolute Gasteiger partial charge is 0.303 e. The van der Waals surface area contributed by atoms with Gasteiger partial charge in [-0.15, -0.1) is 0 Å². The van der Waals surface area contributed by atoms with Gasteiger partial charge in [0, 0.05) is 31.3 Å². The molecule has 1 rings (SSSR count). The number of pyridine rings is 1. The van der Waals surface area contributed by atoms with Gasteiger partial charge in [0.2, 0.25) is 0 Å². The maximum atomic E-state index is 11.7. The molecule has 0 amide bonds. The first-order valence-corrected chi connectivity index (χ1v) is 5.90. The number of hydrogen-bond acceptors (Lipinski definition) is 3. The highest BCUT2D eigenvalue weighted by Crippen LogP contribution is 1.99. The van der Waals surface area contributed by atoms with Gasteiger partial charge < -0.3 is 4.90 Å². The van der Waals surface area contributed by atoms with E-state index in [4.69, 9.17) is 0 Å². The van der Waals surface area contributed by atoms with Crippen LogP contribution in [0.4, 0.5) is 0 Å². The Bertz CT molecular complexity index is 307. The molecule has 0 saturated carbocycles. The van der Waals surface area contributed by atoms with E-state index in [0.29, 0.717) is 12.8 Å². The van der Waals surface area contributed by atoms with Crippen LogP contribution in [0, 0.1) is 0 Å². The number of rotatable bonds is 7. The summed E-state index contributed by atoms with van der Waals surface area (Å²) in [5.74, 6) is 0.269. The molecule has 0 unspecified atom stereocenters. The number of nitrogens with zero attached hydrogens (tertiary/aromatic N) is 2. The van der Waals surface area contributed by atoms with Crippen LogP contribution >= 0.6 is 0 Å². The molecule has 1 heterocycles. The molecule has 0 atom stereocenters. The van der Waals surface area contributed by atoms with Crippen LogP contribution in [0.15, 0.2) is 24.4 Å². The Morgan fingerprint density at radius 1 is 1.31 bits per heavy atom. The highest BCUT2D eigenvalue weighted by atomic mass is 16.1. The van der Waals surface area contributed by atoms with Crippen molar-refractivity contribution in [3.8, 4) is 0 Å². The number of Topliss-reactive ketones (excluding diaryl/α,β-unsaturated/α-hetero) is 1. The Balaban J connectivity index is 2.31. The topological polar surface area (TPSA) is 33.2 Å². The fourth-order valence-electron chi connectivity index (χ4n) is 1.62. The molecule has 3 nitrogen and oxygen atoms in total. The second-order valence-corrected chi connectivity index (χ2v) is 3.81. The van der Waals surface area contributed by atoms with E-state index >= 15 is 0 Å². The van der Waals surface area contributed by atoms with Crippen molar-refractivity contribution in [2.24, 2.45) is 0 Å². The second-order valence-electron chi connectivity index (χ2n) is 3.81. The number of carbonyl (C=O) groups excluding carboxylic acids is 1. The number of carbonyl (C=O) groups is 1. The fourth-order valence-corrected chi connectivity index (χ4v) is 1.62. The molecule has 0 spiro atoms. The maximum Gasteiger partial charge on any atom is 0.140 e. The summed E-state index contributed by atoms with van der Waals surface area (Å²) in [5.41, 5.74) is 0.868. The lowest BCUT2D eigenvalue weighted by molar-refractivity contribution is -0.118. The molecule has 1 aromatic rings. The molecule has 1 aromatic heterocycles. The summed E-state index contributed by atoms with van der Waals surface area (Å²) >= 11 is 0. The summed E-state index contributed by atoms with van der Waals surface area (Å²) in [6.07, 6.45) is 2.81. The molecule has 0 N–H and O–H groups in total. The van der Waals surface area contributed by atoms with Crippen LogP contribution < -0.4 is 0 Å². The van der Waals surface area contributed by atoms with E-state index in [0.717, 1.165) is 25.3 Å². The summed E-state index contributed by atoms with van der Waals surface area (Å²) in [6.45, 7) is 7.11. The number of ketones is 1. The zero-order valence-electron chi connectivity index (χ0n) is 10.1. The highest BCUT2D eigenvalue weighted by Gasteiger charge is 2.06. The Morgan fingerprint density at radius 2 is 2.06 bits per heavy atom. The molecule has 0 fully saturated rings. The maximum absolute atomic E-state index is 11.7. The molecule has 0 radical (unpaired) electrons. The molecular formula is C13H20N2O. The van der Waals surface area contributed by atoms with E-state index in [2.05, 4.69) is 23.7 Å². The zero-order chi connectivity index (χ0) is 11.8. The Kier molecular flexibility index (Phi) is 5.72. The molecule has 16 heavy (non-hydrogen) atoms. The van der Waals surface area contributed by atoms with Crippen LogP contribution in [-0.4, -0.2) is 35.3 Å². The zero-order valence-corrected chi connectivity index (χ0v) is 10.1. The fraction of sp³-hybridized carbons (Fsp3) is 0.538. The molecule has 88 valence electrons. The third-order valence-electron chi connectivity index (χ3n) is 2.71. The van der Waals surface area contributed by atoms with Crippen molar-refractivity contribution in [1.82, 2.24) is 9.88 Å². The van der Waals surface area contributed by atoms with Crippen LogP contribution in [0.1, 0.15) is 26.0 Å². The van der Waals surface area contributed by atoms with E-state index in [-0.39, 0.29) is 5.78 Å². The summed E-state index contributed by atoms with van der Waals surface area (Å²) in [4.78, 5) is 18.1. The minimum Gasteiger partial charge on any atom is -0.303 e. The Morgan fingerprint density at radius 3 is 2.62 bits per heavy atom. The van der Waals surface area contributed by atoms with Crippen molar-refractivity contribution in [2.45, 2.75) is 26.7 Å². The van der Waals surface area contributed by atoms with Crippen LogP contribution in [0.25, 0.3) is 0 Å². The predicted octanol–water partition coefficient (Wildman–Crippen LogP) is 1.93. The van der Waals surface area contributed by atoms with Crippen LogP contribution in [0.3, 0.4) is 0 Å². The molecule has 0 aliphatic heterocycles. The van der Waals surface area contributed by atoms with Crippen LogP contribution in [-0.2, 0) is 11.2 Å². The number of aromatic nitrogens is 1. The van der Waals surface area contributed by atoms with Gasteiger partial charge in [-0.1, -0.05) is 19.9 Å². The van der Waals surface area contributed by atoms with Gasteiger partial charge in [-0.2, -0.15) is 0 Å². The van der Waals surface area contributed by atoms with Gasteiger partial charge in [-0.3, -0.25) is 9.78 Å². The summed E-state index contributed by atoms with van der Waals surface area (Å²) in [6, 6.07) is 5.68. The van der Waals surface area contributed by atoms with Crippen molar-refractivity contribution in [1.29, 1.82) is 0 Å². The van der Waals surface area contributed by atoms with E-state index in [1.807, 2.05) is 18.2 Å². The minimum atomic E-state index is 0.269. The van der Waals surface area contributed by atoms with Gasteiger partial charge in [-0.25, -0.2) is 0 Å². The molecular weight excluding hydrogens is 200 g/mol. The van der Waals surface area contributed by atoms with E-state index in [1.54, 1.807) is 6.20 Å². The Labute approximate surface area is 97.5 Å². The van der Waals surface area contributed by atoms with Crippen molar-refractivity contribution in [3.05, 3.63) is 30.1 Å². The van der Waals surface area contributed by atoms with E-state index in [1.165, 1.54) is 0 Å². The molecule has 0 aliphatic rings. The lowest BCUT2D eigenvalue weighted by atomic mass is 10.1. The van der Waals surface area contributed by atoms with Crippen molar-refractivity contribution in [2.75, 3.05) is 19.6 Å². The SMILES string of the molecule is CCN(CC)CCC(=O)Cc1ccccn1.